The van der Waals surface area contributed by atoms with Crippen molar-refractivity contribution < 1.29 is 4.79 Å². The molecule has 0 spiro atoms. The molecule has 0 saturated carbocycles. The molecule has 0 aromatic heterocycles. The molecule has 0 aromatic rings. The number of carbonyl (C=O) groups is 1. The number of nitrogens with one attached hydrogen (secondary N) is 1. The fourth-order valence-electron chi connectivity index (χ4n) is 2.60. The molecule has 80 valence electrons. The fourth-order valence-corrected chi connectivity index (χ4v) is 2.60. The number of carbonyl (C=O) groups excluding carboxylic acids is 1. The lowest BCUT2D eigenvalue weighted by molar-refractivity contribution is -0.134. The molecular weight excluding hydrogens is 176 g/mol. The molecule has 0 radical (unpaired) electrons. The van der Waals surface area contributed by atoms with Gasteiger partial charge in [-0.05, 0) is 38.6 Å². The van der Waals surface area contributed by atoms with Gasteiger partial charge in [0, 0.05) is 12.6 Å². The van der Waals surface area contributed by atoms with Crippen molar-refractivity contribution in [1.82, 2.24) is 10.2 Å². The molecule has 2 saturated heterocycles. The maximum absolute atomic E-state index is 12.1. The second-order valence-corrected chi connectivity index (χ2v) is 4.72. The Kier molecular flexibility index (Phi) is 2.77. The monoisotopic (exact) mass is 196 g/mol. The predicted octanol–water partition coefficient (Wildman–Crippen LogP) is 0.995. The standard InChI is InChI=1S/C11H20N2O/c1-8-5-6-12-10(8)11(14)13-7-3-4-9(13)2/h8-10,12H,3-7H2,1-2H3. The summed E-state index contributed by atoms with van der Waals surface area (Å²) in [6, 6.07) is 0.549. The van der Waals surface area contributed by atoms with Crippen molar-refractivity contribution >= 4 is 5.91 Å². The summed E-state index contributed by atoms with van der Waals surface area (Å²) in [5, 5.41) is 3.31. The molecule has 2 aliphatic heterocycles. The minimum atomic E-state index is 0.0931. The maximum atomic E-state index is 12.1. The van der Waals surface area contributed by atoms with Crippen molar-refractivity contribution in [1.29, 1.82) is 0 Å². The lowest BCUT2D eigenvalue weighted by atomic mass is 10.0. The summed E-state index contributed by atoms with van der Waals surface area (Å²) in [4.78, 5) is 14.2. The molecule has 1 N–H and O–H groups in total. The van der Waals surface area contributed by atoms with Crippen molar-refractivity contribution in [2.75, 3.05) is 13.1 Å². The Labute approximate surface area is 85.8 Å². The number of likely N-dealkylation sites (tertiary alicyclic amines) is 1. The van der Waals surface area contributed by atoms with E-state index in [9.17, 15) is 4.79 Å². The normalized spacial score (nSPS) is 37.9. The summed E-state index contributed by atoms with van der Waals surface area (Å²) < 4.78 is 0. The Bertz CT molecular complexity index is 207. The summed E-state index contributed by atoms with van der Waals surface area (Å²) in [5.74, 6) is 0.843. The van der Waals surface area contributed by atoms with Crippen molar-refractivity contribution in [2.45, 2.75) is 45.2 Å². The molecule has 1 amide bonds. The average molecular weight is 196 g/mol. The van der Waals surface area contributed by atoms with Gasteiger partial charge in [-0.25, -0.2) is 0 Å². The quantitative estimate of drug-likeness (QED) is 0.678. The highest BCUT2D eigenvalue weighted by molar-refractivity contribution is 5.83. The van der Waals surface area contributed by atoms with Crippen LogP contribution in [0.2, 0.25) is 0 Å². The van der Waals surface area contributed by atoms with Gasteiger partial charge >= 0.3 is 0 Å². The van der Waals surface area contributed by atoms with E-state index in [2.05, 4.69) is 24.1 Å². The Hall–Kier alpha value is -0.570. The Balaban J connectivity index is 2.00. The topological polar surface area (TPSA) is 32.3 Å². The van der Waals surface area contributed by atoms with Crippen LogP contribution < -0.4 is 5.32 Å². The first-order valence-electron chi connectivity index (χ1n) is 5.74. The van der Waals surface area contributed by atoms with E-state index in [-0.39, 0.29) is 6.04 Å². The molecule has 14 heavy (non-hydrogen) atoms. The lowest BCUT2D eigenvalue weighted by Gasteiger charge is -2.26. The van der Waals surface area contributed by atoms with E-state index < -0.39 is 0 Å². The van der Waals surface area contributed by atoms with E-state index >= 15 is 0 Å². The van der Waals surface area contributed by atoms with Crippen LogP contribution in [0, 0.1) is 5.92 Å². The SMILES string of the molecule is CC1CCNC1C(=O)N1CCCC1C. The highest BCUT2D eigenvalue weighted by Crippen LogP contribution is 2.22. The zero-order valence-corrected chi connectivity index (χ0v) is 9.12. The van der Waals surface area contributed by atoms with Crippen LogP contribution in [-0.2, 0) is 4.79 Å². The lowest BCUT2D eigenvalue weighted by Crippen LogP contribution is -2.47. The molecule has 3 heteroatoms. The van der Waals surface area contributed by atoms with E-state index in [0.29, 0.717) is 17.9 Å². The van der Waals surface area contributed by atoms with Crippen LogP contribution in [0.1, 0.15) is 33.1 Å². The first-order chi connectivity index (χ1) is 6.70. The largest absolute Gasteiger partial charge is 0.339 e. The second-order valence-electron chi connectivity index (χ2n) is 4.72. The summed E-state index contributed by atoms with van der Waals surface area (Å²) in [6.45, 7) is 6.29. The van der Waals surface area contributed by atoms with Gasteiger partial charge in [-0.15, -0.1) is 0 Å². The van der Waals surface area contributed by atoms with Crippen molar-refractivity contribution in [2.24, 2.45) is 5.92 Å². The van der Waals surface area contributed by atoms with Gasteiger partial charge in [-0.1, -0.05) is 6.92 Å². The molecule has 0 aliphatic carbocycles. The minimum absolute atomic E-state index is 0.0931. The molecular formula is C11H20N2O. The molecule has 2 aliphatic rings. The third kappa shape index (κ3) is 1.65. The van der Waals surface area contributed by atoms with Crippen LogP contribution in [0.25, 0.3) is 0 Å². The number of amides is 1. The predicted molar refractivity (Wildman–Crippen MR) is 56.0 cm³/mol. The molecule has 2 fully saturated rings. The van der Waals surface area contributed by atoms with E-state index in [1.807, 2.05) is 0 Å². The van der Waals surface area contributed by atoms with Crippen LogP contribution in [0.4, 0.5) is 0 Å². The highest BCUT2D eigenvalue weighted by Gasteiger charge is 2.35. The van der Waals surface area contributed by atoms with Crippen molar-refractivity contribution in [3.05, 3.63) is 0 Å². The molecule has 0 aromatic carbocycles. The summed E-state index contributed by atoms with van der Waals surface area (Å²) >= 11 is 0. The van der Waals surface area contributed by atoms with Gasteiger partial charge in [-0.3, -0.25) is 4.79 Å². The van der Waals surface area contributed by atoms with Gasteiger partial charge in [0.25, 0.3) is 0 Å². The summed E-state index contributed by atoms with van der Waals surface area (Å²) in [5.41, 5.74) is 0. The van der Waals surface area contributed by atoms with Gasteiger partial charge < -0.3 is 10.2 Å². The Morgan fingerprint density at radius 2 is 2.14 bits per heavy atom. The van der Waals surface area contributed by atoms with Crippen LogP contribution >= 0.6 is 0 Å². The van der Waals surface area contributed by atoms with E-state index in [0.717, 1.165) is 19.5 Å². The number of hydrogen-bond acceptors (Lipinski definition) is 2. The first-order valence-corrected chi connectivity index (χ1v) is 5.74. The molecule has 3 atom stereocenters. The summed E-state index contributed by atoms with van der Waals surface area (Å²) in [6.07, 6.45) is 3.49. The van der Waals surface area contributed by atoms with Crippen LogP contribution in [-0.4, -0.2) is 36.0 Å². The van der Waals surface area contributed by atoms with Gasteiger partial charge in [0.05, 0.1) is 6.04 Å². The van der Waals surface area contributed by atoms with E-state index in [4.69, 9.17) is 0 Å². The molecule has 3 unspecified atom stereocenters. The van der Waals surface area contributed by atoms with Gasteiger partial charge in [0.2, 0.25) is 5.91 Å². The van der Waals surface area contributed by atoms with Crippen LogP contribution in [0.15, 0.2) is 0 Å². The highest BCUT2D eigenvalue weighted by atomic mass is 16.2. The zero-order chi connectivity index (χ0) is 10.1. The molecule has 3 nitrogen and oxygen atoms in total. The third-order valence-corrected chi connectivity index (χ3v) is 3.64. The second kappa shape index (κ2) is 3.89. The Morgan fingerprint density at radius 1 is 1.36 bits per heavy atom. The molecule has 0 bridgehead atoms. The van der Waals surface area contributed by atoms with Crippen LogP contribution in [0.5, 0.6) is 0 Å². The first kappa shape index (κ1) is 9.97. The van der Waals surface area contributed by atoms with E-state index in [1.54, 1.807) is 0 Å². The number of hydrogen-bond donors (Lipinski definition) is 1. The minimum Gasteiger partial charge on any atom is -0.339 e. The van der Waals surface area contributed by atoms with Crippen LogP contribution in [0.3, 0.4) is 0 Å². The zero-order valence-electron chi connectivity index (χ0n) is 9.12. The van der Waals surface area contributed by atoms with Crippen molar-refractivity contribution in [3.8, 4) is 0 Å². The fraction of sp³-hybridized carbons (Fsp3) is 0.909. The Morgan fingerprint density at radius 3 is 2.64 bits per heavy atom. The number of nitrogens with zero attached hydrogens (tertiary/aromatic N) is 1. The average Bonchev–Trinajstić information content (AvgIpc) is 2.73. The maximum Gasteiger partial charge on any atom is 0.240 e. The van der Waals surface area contributed by atoms with Gasteiger partial charge in [0.1, 0.15) is 0 Å². The molecule has 2 rings (SSSR count). The molecule has 2 heterocycles. The third-order valence-electron chi connectivity index (χ3n) is 3.64. The smallest absolute Gasteiger partial charge is 0.240 e. The van der Waals surface area contributed by atoms with Gasteiger partial charge in [0.15, 0.2) is 0 Å². The number of rotatable bonds is 1. The van der Waals surface area contributed by atoms with E-state index in [1.165, 1.54) is 12.8 Å². The van der Waals surface area contributed by atoms with Gasteiger partial charge in [-0.2, -0.15) is 0 Å². The summed E-state index contributed by atoms with van der Waals surface area (Å²) in [7, 11) is 0. The van der Waals surface area contributed by atoms with Crippen molar-refractivity contribution in [3.63, 3.8) is 0 Å².